The fraction of sp³-hybridized carbons (Fsp3) is 0.500. The second kappa shape index (κ2) is 11.1. The Hall–Kier alpha value is -1.66. The summed E-state index contributed by atoms with van der Waals surface area (Å²) in [5.74, 6) is 0. The Kier molecular flexibility index (Phi) is 8.69. The maximum absolute atomic E-state index is 10.3. The van der Waals surface area contributed by atoms with Crippen LogP contribution in [-0.2, 0) is 29.7 Å². The minimum absolute atomic E-state index is 0.336. The molecule has 1 aromatic heterocycles. The summed E-state index contributed by atoms with van der Waals surface area (Å²) < 4.78 is 12.9. The molecule has 0 saturated heterocycles. The maximum Gasteiger partial charge on any atom is 0.0900 e. The van der Waals surface area contributed by atoms with E-state index in [1.165, 1.54) is 5.69 Å². The molecular weight excluding hydrogens is 316 g/mol. The Morgan fingerprint density at radius 1 is 1.16 bits per heavy atom. The van der Waals surface area contributed by atoms with Crippen LogP contribution in [0.25, 0.3) is 0 Å². The number of benzene rings is 1. The number of hydrogen-bond acceptors (Lipinski definition) is 4. The molecule has 138 valence electrons. The highest BCUT2D eigenvalue weighted by Gasteiger charge is 2.14. The Bertz CT molecular complexity index is 586. The molecule has 0 radical (unpaired) electrons. The van der Waals surface area contributed by atoms with E-state index < -0.39 is 6.10 Å². The van der Waals surface area contributed by atoms with E-state index in [4.69, 9.17) is 9.47 Å². The second-order valence-electron chi connectivity index (χ2n) is 6.35. The molecule has 0 saturated carbocycles. The zero-order chi connectivity index (χ0) is 17.9. The lowest BCUT2D eigenvalue weighted by atomic mass is 10.2. The van der Waals surface area contributed by atoms with Crippen molar-refractivity contribution in [1.29, 1.82) is 0 Å². The van der Waals surface area contributed by atoms with Crippen LogP contribution in [0.3, 0.4) is 0 Å². The Labute approximate surface area is 150 Å². The Balaban J connectivity index is 1.78. The van der Waals surface area contributed by atoms with E-state index >= 15 is 0 Å². The SMILES string of the molecule is COCCCN(Cc1cccn1C)C[C@@H](O)COCc1ccccc1. The lowest BCUT2D eigenvalue weighted by molar-refractivity contribution is 0.00708. The highest BCUT2D eigenvalue weighted by Crippen LogP contribution is 2.08. The lowest BCUT2D eigenvalue weighted by Crippen LogP contribution is -2.36. The molecule has 0 fully saturated rings. The van der Waals surface area contributed by atoms with Crippen LogP contribution < -0.4 is 0 Å². The standard InChI is InChI=1S/C20H30N2O3/c1-21-11-6-10-19(21)14-22(12-7-13-24-2)15-20(23)17-25-16-18-8-4-3-5-9-18/h3-6,8-11,20,23H,7,12-17H2,1-2H3/t20-/m1/s1. The zero-order valence-electron chi connectivity index (χ0n) is 15.3. The molecule has 0 aliphatic heterocycles. The largest absolute Gasteiger partial charge is 0.389 e. The number of aromatic nitrogens is 1. The van der Waals surface area contributed by atoms with E-state index in [1.54, 1.807) is 7.11 Å². The molecule has 0 unspecified atom stereocenters. The van der Waals surface area contributed by atoms with E-state index in [-0.39, 0.29) is 0 Å². The quantitative estimate of drug-likeness (QED) is 0.600. The molecule has 2 aromatic rings. The van der Waals surface area contributed by atoms with Crippen molar-refractivity contribution in [1.82, 2.24) is 9.47 Å². The topological polar surface area (TPSA) is 46.9 Å². The number of aliphatic hydroxyl groups is 1. The number of nitrogens with zero attached hydrogens (tertiary/aromatic N) is 2. The summed E-state index contributed by atoms with van der Waals surface area (Å²) in [4.78, 5) is 2.25. The highest BCUT2D eigenvalue weighted by molar-refractivity contribution is 5.13. The van der Waals surface area contributed by atoms with Gasteiger partial charge >= 0.3 is 0 Å². The van der Waals surface area contributed by atoms with Crippen molar-refractivity contribution in [3.8, 4) is 0 Å². The van der Waals surface area contributed by atoms with E-state index in [1.807, 2.05) is 49.6 Å². The van der Waals surface area contributed by atoms with Crippen LogP contribution >= 0.6 is 0 Å². The summed E-state index contributed by atoms with van der Waals surface area (Å²) in [5, 5.41) is 10.3. The van der Waals surface area contributed by atoms with Gasteiger partial charge in [0.15, 0.2) is 0 Å². The van der Waals surface area contributed by atoms with E-state index in [2.05, 4.69) is 15.5 Å². The predicted molar refractivity (Wildman–Crippen MR) is 99.3 cm³/mol. The van der Waals surface area contributed by atoms with E-state index in [9.17, 15) is 5.11 Å². The third-order valence-electron chi connectivity index (χ3n) is 4.15. The van der Waals surface area contributed by atoms with Crippen molar-refractivity contribution in [3.63, 3.8) is 0 Å². The molecule has 1 atom stereocenters. The maximum atomic E-state index is 10.3. The van der Waals surface area contributed by atoms with Crippen molar-refractivity contribution in [2.24, 2.45) is 7.05 Å². The minimum atomic E-state index is -0.508. The van der Waals surface area contributed by atoms with Gasteiger partial charge in [-0.3, -0.25) is 4.90 Å². The molecule has 0 bridgehead atoms. The Morgan fingerprint density at radius 3 is 2.64 bits per heavy atom. The molecule has 0 aliphatic carbocycles. The first-order valence-corrected chi connectivity index (χ1v) is 8.80. The van der Waals surface area contributed by atoms with Crippen LogP contribution in [0.1, 0.15) is 17.7 Å². The molecule has 5 heteroatoms. The first kappa shape index (κ1) is 19.7. The van der Waals surface area contributed by atoms with Gasteiger partial charge in [-0.25, -0.2) is 0 Å². The van der Waals surface area contributed by atoms with Crippen LogP contribution in [0.15, 0.2) is 48.7 Å². The number of aryl methyl sites for hydroxylation is 1. The summed E-state index contributed by atoms with van der Waals surface area (Å²) in [6.45, 7) is 3.87. The average Bonchev–Trinajstić information content (AvgIpc) is 3.01. The summed E-state index contributed by atoms with van der Waals surface area (Å²) in [7, 11) is 3.76. The third-order valence-corrected chi connectivity index (χ3v) is 4.15. The van der Waals surface area contributed by atoms with Crippen LogP contribution in [0, 0.1) is 0 Å². The van der Waals surface area contributed by atoms with Gasteiger partial charge in [0.05, 0.1) is 19.3 Å². The van der Waals surface area contributed by atoms with Crippen LogP contribution in [0.2, 0.25) is 0 Å². The van der Waals surface area contributed by atoms with Crippen LogP contribution in [-0.4, -0.2) is 54.1 Å². The predicted octanol–water partition coefficient (Wildman–Crippen LogP) is 2.44. The highest BCUT2D eigenvalue weighted by atomic mass is 16.5. The fourth-order valence-corrected chi connectivity index (χ4v) is 2.80. The van der Waals surface area contributed by atoms with Gasteiger partial charge < -0.3 is 19.1 Å². The van der Waals surface area contributed by atoms with Crippen molar-refractivity contribution < 1.29 is 14.6 Å². The number of aliphatic hydroxyl groups excluding tert-OH is 1. The molecule has 0 aliphatic rings. The minimum Gasteiger partial charge on any atom is -0.389 e. The van der Waals surface area contributed by atoms with Crippen LogP contribution in [0.4, 0.5) is 0 Å². The van der Waals surface area contributed by atoms with Gasteiger partial charge in [-0.05, 0) is 24.1 Å². The molecule has 1 N–H and O–H groups in total. The van der Waals surface area contributed by atoms with Crippen molar-refractivity contribution in [3.05, 3.63) is 59.9 Å². The van der Waals surface area contributed by atoms with E-state index in [0.717, 1.165) is 31.7 Å². The number of rotatable bonds is 12. The van der Waals surface area contributed by atoms with Gasteiger partial charge in [0.2, 0.25) is 0 Å². The molecule has 1 heterocycles. The molecule has 5 nitrogen and oxygen atoms in total. The van der Waals surface area contributed by atoms with Gasteiger partial charge in [0.25, 0.3) is 0 Å². The fourth-order valence-electron chi connectivity index (χ4n) is 2.80. The van der Waals surface area contributed by atoms with Gasteiger partial charge in [-0.1, -0.05) is 30.3 Å². The summed E-state index contributed by atoms with van der Waals surface area (Å²) >= 11 is 0. The molecule has 0 amide bonds. The van der Waals surface area contributed by atoms with Gasteiger partial charge in [-0.2, -0.15) is 0 Å². The Morgan fingerprint density at radius 2 is 1.96 bits per heavy atom. The van der Waals surface area contributed by atoms with Crippen molar-refractivity contribution >= 4 is 0 Å². The lowest BCUT2D eigenvalue weighted by Gasteiger charge is -2.25. The molecule has 2 rings (SSSR count). The molecule has 1 aromatic carbocycles. The average molecular weight is 346 g/mol. The zero-order valence-corrected chi connectivity index (χ0v) is 15.3. The van der Waals surface area contributed by atoms with Gasteiger partial charge in [0.1, 0.15) is 0 Å². The smallest absolute Gasteiger partial charge is 0.0900 e. The first-order chi connectivity index (χ1) is 12.2. The number of methoxy groups -OCH3 is 1. The van der Waals surface area contributed by atoms with Crippen molar-refractivity contribution in [2.75, 3.05) is 33.4 Å². The summed E-state index contributed by atoms with van der Waals surface area (Å²) in [5.41, 5.74) is 2.35. The van der Waals surface area contributed by atoms with Crippen molar-refractivity contribution in [2.45, 2.75) is 25.7 Å². The van der Waals surface area contributed by atoms with E-state index in [0.29, 0.717) is 19.8 Å². The number of ether oxygens (including phenoxy) is 2. The summed E-state index contributed by atoms with van der Waals surface area (Å²) in [6, 6.07) is 14.2. The summed E-state index contributed by atoms with van der Waals surface area (Å²) in [6.07, 6.45) is 2.48. The van der Waals surface area contributed by atoms with Gasteiger partial charge in [-0.15, -0.1) is 0 Å². The molecule has 25 heavy (non-hydrogen) atoms. The molecule has 0 spiro atoms. The van der Waals surface area contributed by atoms with Crippen LogP contribution in [0.5, 0.6) is 0 Å². The normalized spacial score (nSPS) is 12.6. The monoisotopic (exact) mass is 346 g/mol. The first-order valence-electron chi connectivity index (χ1n) is 8.80. The second-order valence-corrected chi connectivity index (χ2v) is 6.35. The molecular formula is C20H30N2O3. The third kappa shape index (κ3) is 7.40. The number of hydrogen-bond donors (Lipinski definition) is 1. The van der Waals surface area contributed by atoms with Gasteiger partial charge in [0, 0.05) is 52.3 Å².